The van der Waals surface area contributed by atoms with Crippen LogP contribution in [0.3, 0.4) is 0 Å². The lowest BCUT2D eigenvalue weighted by molar-refractivity contribution is -0.0605. The number of unbranched alkanes of at least 4 members (excludes halogenated alkanes) is 1. The Labute approximate surface area is 180 Å². The molecule has 1 heterocycles. The Morgan fingerprint density at radius 3 is 2.13 bits per heavy atom. The van der Waals surface area contributed by atoms with Crippen molar-refractivity contribution in [3.63, 3.8) is 0 Å². The van der Waals surface area contributed by atoms with E-state index in [1.165, 1.54) is 37.8 Å². The maximum absolute atomic E-state index is 14.3. The number of ether oxygens (including phenoxy) is 3. The third kappa shape index (κ3) is 6.32. The first kappa shape index (κ1) is 23.3. The van der Waals surface area contributed by atoms with Crippen LogP contribution < -0.4 is 9.47 Å². The minimum absolute atomic E-state index is 0.0185. The summed E-state index contributed by atoms with van der Waals surface area (Å²) in [6.45, 7) is 6.01. The van der Waals surface area contributed by atoms with E-state index in [0.29, 0.717) is 31.2 Å². The van der Waals surface area contributed by atoms with E-state index in [-0.39, 0.29) is 11.5 Å². The van der Waals surface area contributed by atoms with E-state index >= 15 is 0 Å². The van der Waals surface area contributed by atoms with Gasteiger partial charge in [-0.25, -0.2) is 0 Å². The van der Waals surface area contributed by atoms with E-state index < -0.39 is 11.6 Å². The Morgan fingerprint density at radius 1 is 0.867 bits per heavy atom. The Balaban J connectivity index is 1.41. The molecule has 1 saturated heterocycles. The summed E-state index contributed by atoms with van der Waals surface area (Å²) >= 11 is 0. The van der Waals surface area contributed by atoms with Crippen LogP contribution in [0.25, 0.3) is 0 Å². The highest BCUT2D eigenvalue weighted by molar-refractivity contribution is 5.35. The van der Waals surface area contributed by atoms with Gasteiger partial charge in [0.1, 0.15) is 0 Å². The van der Waals surface area contributed by atoms with Gasteiger partial charge in [0, 0.05) is 6.61 Å². The van der Waals surface area contributed by atoms with E-state index in [4.69, 9.17) is 14.2 Å². The zero-order chi connectivity index (χ0) is 21.3. The lowest BCUT2D eigenvalue weighted by Crippen LogP contribution is -2.34. The second-order valence-corrected chi connectivity index (χ2v) is 9.09. The van der Waals surface area contributed by atoms with Gasteiger partial charge in [0.05, 0.1) is 19.3 Å². The SMILES string of the molecule is CCCCOc1ccc(OCC2CCC(C3CCC(CCC)CO3)CC2)c(F)c1F. The fourth-order valence-electron chi connectivity index (χ4n) is 4.83. The second-order valence-electron chi connectivity index (χ2n) is 9.09. The number of hydrogen-bond donors (Lipinski definition) is 0. The quantitative estimate of drug-likeness (QED) is 0.381. The normalized spacial score (nSPS) is 27.1. The van der Waals surface area contributed by atoms with Gasteiger partial charge in [-0.15, -0.1) is 0 Å². The molecular formula is C25H38F2O3. The Bertz CT molecular complexity index is 636. The lowest BCUT2D eigenvalue weighted by atomic mass is 9.77. The van der Waals surface area contributed by atoms with Gasteiger partial charge >= 0.3 is 0 Å². The maximum Gasteiger partial charge on any atom is 0.204 e. The monoisotopic (exact) mass is 424 g/mol. The summed E-state index contributed by atoms with van der Waals surface area (Å²) in [5.74, 6) is -0.191. The van der Waals surface area contributed by atoms with Gasteiger partial charge in [0.25, 0.3) is 0 Å². The van der Waals surface area contributed by atoms with Crippen molar-refractivity contribution in [2.24, 2.45) is 17.8 Å². The molecule has 1 aliphatic carbocycles. The molecule has 5 heteroatoms. The molecule has 0 aromatic heterocycles. The Kier molecular flexibility index (Phi) is 9.23. The number of rotatable bonds is 10. The van der Waals surface area contributed by atoms with E-state index in [9.17, 15) is 8.78 Å². The molecule has 1 aromatic carbocycles. The van der Waals surface area contributed by atoms with Crippen LogP contribution in [0.1, 0.15) is 78.1 Å². The van der Waals surface area contributed by atoms with Gasteiger partial charge < -0.3 is 14.2 Å². The van der Waals surface area contributed by atoms with Crippen LogP contribution >= 0.6 is 0 Å². The highest BCUT2D eigenvalue weighted by Gasteiger charge is 2.31. The van der Waals surface area contributed by atoms with Gasteiger partial charge in [-0.3, -0.25) is 0 Å². The van der Waals surface area contributed by atoms with Crippen molar-refractivity contribution in [3.05, 3.63) is 23.8 Å². The van der Waals surface area contributed by atoms with Crippen molar-refractivity contribution in [3.8, 4) is 11.5 Å². The standard InChI is InChI=1S/C25H38F2O3/c1-3-5-15-28-22-13-14-23(25(27)24(22)26)30-17-19-7-10-20(11-8-19)21-12-9-18(6-4-2)16-29-21/h13-14,18-21H,3-12,15-17H2,1-2H3. The molecule has 2 aliphatic rings. The molecule has 1 aliphatic heterocycles. The minimum atomic E-state index is -0.955. The van der Waals surface area contributed by atoms with E-state index in [2.05, 4.69) is 6.92 Å². The zero-order valence-electron chi connectivity index (χ0n) is 18.6. The average molecular weight is 425 g/mol. The van der Waals surface area contributed by atoms with Crippen molar-refractivity contribution >= 4 is 0 Å². The molecule has 3 rings (SSSR count). The molecule has 0 amide bonds. The largest absolute Gasteiger partial charge is 0.490 e. The summed E-state index contributed by atoms with van der Waals surface area (Å²) in [6.07, 6.45) is 11.6. The van der Waals surface area contributed by atoms with E-state index in [1.54, 1.807) is 0 Å². The fraction of sp³-hybridized carbons (Fsp3) is 0.760. The third-order valence-electron chi connectivity index (χ3n) is 6.76. The number of benzene rings is 1. The number of halogens is 2. The molecule has 3 nitrogen and oxygen atoms in total. The van der Waals surface area contributed by atoms with Crippen LogP contribution in [0.5, 0.6) is 11.5 Å². The molecule has 2 fully saturated rings. The van der Waals surface area contributed by atoms with Crippen LogP contribution in [0.2, 0.25) is 0 Å². The predicted octanol–water partition coefficient (Wildman–Crippen LogP) is 6.92. The Hall–Kier alpha value is -1.36. The predicted molar refractivity (Wildman–Crippen MR) is 115 cm³/mol. The van der Waals surface area contributed by atoms with Gasteiger partial charge in [-0.05, 0) is 81.3 Å². The first-order valence-corrected chi connectivity index (χ1v) is 12.0. The molecule has 2 atom stereocenters. The van der Waals surface area contributed by atoms with E-state index in [0.717, 1.165) is 51.0 Å². The van der Waals surface area contributed by atoms with Crippen molar-refractivity contribution in [2.75, 3.05) is 19.8 Å². The maximum atomic E-state index is 14.3. The molecule has 1 aromatic rings. The van der Waals surface area contributed by atoms with Crippen molar-refractivity contribution in [1.29, 1.82) is 0 Å². The van der Waals surface area contributed by atoms with Crippen LogP contribution in [0.15, 0.2) is 12.1 Å². The molecule has 170 valence electrons. The molecular weight excluding hydrogens is 386 g/mol. The lowest BCUT2D eigenvalue weighted by Gasteiger charge is -2.37. The summed E-state index contributed by atoms with van der Waals surface area (Å²) in [5.41, 5.74) is 0. The fourth-order valence-corrected chi connectivity index (χ4v) is 4.83. The van der Waals surface area contributed by atoms with Gasteiger partial charge in [0.2, 0.25) is 11.6 Å². The summed E-state index contributed by atoms with van der Waals surface area (Å²) in [4.78, 5) is 0. The first-order chi connectivity index (χ1) is 14.6. The van der Waals surface area contributed by atoms with Crippen LogP contribution in [0, 0.1) is 29.4 Å². The topological polar surface area (TPSA) is 27.7 Å². The first-order valence-electron chi connectivity index (χ1n) is 12.0. The average Bonchev–Trinajstić information content (AvgIpc) is 2.77. The smallest absolute Gasteiger partial charge is 0.204 e. The molecule has 2 unspecified atom stereocenters. The highest BCUT2D eigenvalue weighted by atomic mass is 19.2. The molecule has 30 heavy (non-hydrogen) atoms. The molecule has 0 N–H and O–H groups in total. The van der Waals surface area contributed by atoms with E-state index in [1.807, 2.05) is 6.92 Å². The second kappa shape index (κ2) is 11.9. The third-order valence-corrected chi connectivity index (χ3v) is 6.76. The molecule has 0 bridgehead atoms. The summed E-state index contributed by atoms with van der Waals surface area (Å²) in [7, 11) is 0. The molecule has 1 saturated carbocycles. The Morgan fingerprint density at radius 2 is 1.53 bits per heavy atom. The van der Waals surface area contributed by atoms with Gasteiger partial charge in [0.15, 0.2) is 11.5 Å². The minimum Gasteiger partial charge on any atom is -0.490 e. The summed E-state index contributed by atoms with van der Waals surface area (Å²) in [5, 5.41) is 0. The number of hydrogen-bond acceptors (Lipinski definition) is 3. The zero-order valence-corrected chi connectivity index (χ0v) is 18.6. The van der Waals surface area contributed by atoms with Crippen molar-refractivity contribution < 1.29 is 23.0 Å². The molecule has 0 radical (unpaired) electrons. The van der Waals surface area contributed by atoms with Crippen LogP contribution in [-0.4, -0.2) is 25.9 Å². The molecule has 0 spiro atoms. The summed E-state index contributed by atoms with van der Waals surface area (Å²) in [6, 6.07) is 2.94. The van der Waals surface area contributed by atoms with Crippen LogP contribution in [-0.2, 0) is 4.74 Å². The van der Waals surface area contributed by atoms with Gasteiger partial charge in [-0.2, -0.15) is 8.78 Å². The van der Waals surface area contributed by atoms with Crippen molar-refractivity contribution in [2.45, 2.75) is 84.2 Å². The summed E-state index contributed by atoms with van der Waals surface area (Å²) < 4.78 is 45.7. The highest BCUT2D eigenvalue weighted by Crippen LogP contribution is 2.37. The van der Waals surface area contributed by atoms with Crippen LogP contribution in [0.4, 0.5) is 8.78 Å². The van der Waals surface area contributed by atoms with Crippen molar-refractivity contribution in [1.82, 2.24) is 0 Å². The van der Waals surface area contributed by atoms with Gasteiger partial charge in [-0.1, -0.05) is 26.7 Å².